The molecule has 120 valence electrons. The molecule has 1 amide bonds. The zero-order chi connectivity index (χ0) is 16.7. The van der Waals surface area contributed by atoms with E-state index in [1.54, 1.807) is 24.3 Å². The van der Waals surface area contributed by atoms with Gasteiger partial charge >= 0.3 is 0 Å². The fourth-order valence-corrected chi connectivity index (χ4v) is 3.42. The van der Waals surface area contributed by atoms with E-state index in [4.69, 9.17) is 16.3 Å². The van der Waals surface area contributed by atoms with Crippen LogP contribution in [-0.4, -0.2) is 27.7 Å². The van der Waals surface area contributed by atoms with Crippen molar-refractivity contribution in [2.45, 2.75) is 0 Å². The first-order chi connectivity index (χ1) is 11.6. The van der Waals surface area contributed by atoms with Crippen LogP contribution in [0.5, 0.6) is 5.75 Å². The predicted molar refractivity (Wildman–Crippen MR) is 92.0 cm³/mol. The molecule has 0 spiro atoms. The van der Waals surface area contributed by atoms with Gasteiger partial charge in [0, 0.05) is 17.1 Å². The maximum absolute atomic E-state index is 12.4. The minimum atomic E-state index is -0.242. The Morgan fingerprint density at radius 2 is 2.33 bits per heavy atom. The van der Waals surface area contributed by atoms with Gasteiger partial charge in [-0.1, -0.05) is 11.6 Å². The first kappa shape index (κ1) is 14.9. The van der Waals surface area contributed by atoms with Crippen LogP contribution in [0, 0.1) is 0 Å². The molecule has 0 saturated heterocycles. The van der Waals surface area contributed by atoms with Crippen LogP contribution in [0.4, 0.5) is 5.69 Å². The van der Waals surface area contributed by atoms with Crippen molar-refractivity contribution in [3.63, 3.8) is 0 Å². The Morgan fingerprint density at radius 1 is 1.46 bits per heavy atom. The number of ketones is 1. The first-order valence-corrected chi connectivity index (χ1v) is 8.28. The minimum absolute atomic E-state index is 0.0173. The van der Waals surface area contributed by atoms with Crippen LogP contribution in [0.1, 0.15) is 16.1 Å². The van der Waals surface area contributed by atoms with Gasteiger partial charge < -0.3 is 10.1 Å². The second kappa shape index (κ2) is 5.77. The third kappa shape index (κ3) is 2.57. The number of nitrogens with one attached hydrogen (secondary N) is 1. The second-order valence-electron chi connectivity index (χ2n) is 5.09. The molecule has 4 rings (SSSR count). The number of ether oxygens (including phenoxy) is 1. The third-order valence-electron chi connectivity index (χ3n) is 3.54. The van der Waals surface area contributed by atoms with Crippen LogP contribution in [0.3, 0.4) is 0 Å². The standard InChI is InChI=1S/C16H10ClN3O3S/c17-15-11(20-5-6-24-16(20)19-15)2-3-12(21)9-1-4-13-10(7-9)18-14(22)8-23-13/h1-7H,8H2,(H,18,22)/b3-2+. The number of aromatic nitrogens is 2. The van der Waals surface area contributed by atoms with Gasteiger partial charge in [0.1, 0.15) is 5.75 Å². The molecular weight excluding hydrogens is 350 g/mol. The van der Waals surface area contributed by atoms with Crippen LogP contribution in [0.2, 0.25) is 5.15 Å². The lowest BCUT2D eigenvalue weighted by Gasteiger charge is -2.17. The monoisotopic (exact) mass is 359 g/mol. The number of imidazole rings is 1. The summed E-state index contributed by atoms with van der Waals surface area (Å²) in [5.41, 5.74) is 1.59. The summed E-state index contributed by atoms with van der Waals surface area (Å²) in [5, 5.41) is 4.92. The van der Waals surface area contributed by atoms with Crippen molar-refractivity contribution < 1.29 is 14.3 Å². The number of allylic oxidation sites excluding steroid dienone is 1. The zero-order valence-electron chi connectivity index (χ0n) is 12.2. The van der Waals surface area contributed by atoms with Gasteiger partial charge in [-0.15, -0.1) is 11.3 Å². The molecule has 0 bridgehead atoms. The highest BCUT2D eigenvalue weighted by Gasteiger charge is 2.17. The molecule has 1 aliphatic heterocycles. The van der Waals surface area contributed by atoms with E-state index in [0.29, 0.717) is 27.8 Å². The summed E-state index contributed by atoms with van der Waals surface area (Å²) in [7, 11) is 0. The zero-order valence-corrected chi connectivity index (χ0v) is 13.7. The number of thiazole rings is 1. The summed E-state index contributed by atoms with van der Waals surface area (Å²) in [6, 6.07) is 4.91. The van der Waals surface area contributed by atoms with Crippen molar-refractivity contribution in [1.82, 2.24) is 9.38 Å². The molecule has 24 heavy (non-hydrogen) atoms. The van der Waals surface area contributed by atoms with Crippen molar-refractivity contribution >= 4 is 51.4 Å². The van der Waals surface area contributed by atoms with Gasteiger partial charge in [-0.3, -0.25) is 14.0 Å². The number of fused-ring (bicyclic) bond motifs is 2. The molecule has 1 N–H and O–H groups in total. The van der Waals surface area contributed by atoms with Gasteiger partial charge in [0.05, 0.1) is 11.4 Å². The molecule has 8 heteroatoms. The van der Waals surface area contributed by atoms with E-state index in [2.05, 4.69) is 10.3 Å². The number of hydrogen-bond donors (Lipinski definition) is 1. The Labute approximate surface area is 145 Å². The maximum Gasteiger partial charge on any atom is 0.262 e. The van der Waals surface area contributed by atoms with E-state index in [1.165, 1.54) is 17.4 Å². The quantitative estimate of drug-likeness (QED) is 0.575. The molecule has 1 aromatic carbocycles. The highest BCUT2D eigenvalue weighted by molar-refractivity contribution is 7.15. The molecule has 1 aliphatic rings. The number of carbonyl (C=O) groups excluding carboxylic acids is 2. The second-order valence-corrected chi connectivity index (χ2v) is 6.32. The lowest BCUT2D eigenvalue weighted by atomic mass is 10.1. The molecule has 0 unspecified atom stereocenters. The Morgan fingerprint density at radius 3 is 3.21 bits per heavy atom. The van der Waals surface area contributed by atoms with Crippen LogP contribution < -0.4 is 10.1 Å². The van der Waals surface area contributed by atoms with Crippen molar-refractivity contribution in [3.05, 3.63) is 52.3 Å². The average Bonchev–Trinajstić information content (AvgIpc) is 3.12. The third-order valence-corrected chi connectivity index (χ3v) is 4.58. The predicted octanol–water partition coefficient (Wildman–Crippen LogP) is 3.28. The van der Waals surface area contributed by atoms with Crippen LogP contribution in [0.25, 0.3) is 11.0 Å². The fourth-order valence-electron chi connectivity index (χ4n) is 2.41. The molecule has 0 saturated carbocycles. The van der Waals surface area contributed by atoms with Gasteiger partial charge in [0.2, 0.25) is 0 Å². The average molecular weight is 360 g/mol. The van der Waals surface area contributed by atoms with E-state index in [0.717, 1.165) is 4.96 Å². The van der Waals surface area contributed by atoms with E-state index < -0.39 is 0 Å². The normalized spacial score (nSPS) is 13.8. The summed E-state index contributed by atoms with van der Waals surface area (Å²) in [4.78, 5) is 28.7. The number of nitrogens with zero attached hydrogens (tertiary/aromatic N) is 2. The highest BCUT2D eigenvalue weighted by Crippen LogP contribution is 2.29. The van der Waals surface area contributed by atoms with Crippen LogP contribution in [-0.2, 0) is 4.79 Å². The van der Waals surface area contributed by atoms with Crippen LogP contribution >= 0.6 is 22.9 Å². The lowest BCUT2D eigenvalue weighted by Crippen LogP contribution is -2.25. The topological polar surface area (TPSA) is 72.7 Å². The fraction of sp³-hybridized carbons (Fsp3) is 0.0625. The molecular formula is C16H10ClN3O3S. The summed E-state index contributed by atoms with van der Waals surface area (Å²) >= 11 is 7.56. The number of carbonyl (C=O) groups is 2. The van der Waals surface area contributed by atoms with Gasteiger partial charge in [0.25, 0.3) is 5.91 Å². The van der Waals surface area contributed by atoms with Gasteiger partial charge in [0.15, 0.2) is 22.5 Å². The van der Waals surface area contributed by atoms with Crippen molar-refractivity contribution in [2.24, 2.45) is 0 Å². The molecule has 3 heterocycles. The summed E-state index contributed by atoms with van der Waals surface area (Å²) in [5.74, 6) is 0.0985. The van der Waals surface area contributed by atoms with Gasteiger partial charge in [-0.05, 0) is 30.4 Å². The number of hydrogen-bond acceptors (Lipinski definition) is 5. The summed E-state index contributed by atoms with van der Waals surface area (Å²) in [6.45, 7) is -0.0173. The molecule has 6 nitrogen and oxygen atoms in total. The van der Waals surface area contributed by atoms with Crippen molar-refractivity contribution in [1.29, 1.82) is 0 Å². The van der Waals surface area contributed by atoms with Gasteiger partial charge in [-0.25, -0.2) is 4.98 Å². The first-order valence-electron chi connectivity index (χ1n) is 7.02. The molecule has 0 fully saturated rings. The molecule has 2 aromatic heterocycles. The number of anilines is 1. The van der Waals surface area contributed by atoms with Crippen LogP contribution in [0.15, 0.2) is 35.9 Å². The van der Waals surface area contributed by atoms with E-state index >= 15 is 0 Å². The number of halogens is 1. The SMILES string of the molecule is O=C1COc2ccc(C(=O)/C=C/c3c(Cl)nc4sccn34)cc2N1. The maximum atomic E-state index is 12.4. The number of benzene rings is 1. The minimum Gasteiger partial charge on any atom is -0.482 e. The molecule has 0 atom stereocenters. The van der Waals surface area contributed by atoms with E-state index in [-0.39, 0.29) is 18.3 Å². The Kier molecular flexibility index (Phi) is 3.59. The molecule has 0 radical (unpaired) electrons. The Hall–Kier alpha value is -2.64. The van der Waals surface area contributed by atoms with Crippen molar-refractivity contribution in [3.8, 4) is 5.75 Å². The van der Waals surface area contributed by atoms with E-state index in [9.17, 15) is 9.59 Å². The Bertz CT molecular complexity index is 1010. The number of amides is 1. The molecule has 0 aliphatic carbocycles. The highest BCUT2D eigenvalue weighted by atomic mass is 35.5. The summed E-state index contributed by atoms with van der Waals surface area (Å²) in [6.07, 6.45) is 4.90. The largest absolute Gasteiger partial charge is 0.482 e. The Balaban J connectivity index is 1.62. The summed E-state index contributed by atoms with van der Waals surface area (Å²) < 4.78 is 7.09. The van der Waals surface area contributed by atoms with Gasteiger partial charge in [-0.2, -0.15) is 0 Å². The smallest absolute Gasteiger partial charge is 0.262 e. The number of rotatable bonds is 3. The van der Waals surface area contributed by atoms with Crippen molar-refractivity contribution in [2.75, 3.05) is 11.9 Å². The lowest BCUT2D eigenvalue weighted by molar-refractivity contribution is -0.118. The van der Waals surface area contributed by atoms with E-state index in [1.807, 2.05) is 16.0 Å². The molecule has 3 aromatic rings.